The molecule has 0 unspecified atom stereocenters. The van der Waals surface area contributed by atoms with Gasteiger partial charge in [-0.3, -0.25) is 0 Å². The minimum absolute atomic E-state index is 0.386. The molecule has 0 aromatic heterocycles. The number of carbonyl (C=O) groups is 1. The monoisotopic (exact) mass is 399 g/mol. The largest absolute Gasteiger partial charge is 0.410 e. The lowest BCUT2D eigenvalue weighted by Crippen LogP contribution is -2.17. The molecule has 0 aliphatic carbocycles. The fraction of sp³-hybridized carbons (Fsp3) is 0.0870. The van der Waals surface area contributed by atoms with Gasteiger partial charge in [-0.2, -0.15) is 9.98 Å². The van der Waals surface area contributed by atoms with Crippen LogP contribution in [0.25, 0.3) is 0 Å². The van der Waals surface area contributed by atoms with Crippen LogP contribution in [0.2, 0.25) is 0 Å². The Morgan fingerprint density at radius 1 is 0.767 bits per heavy atom. The molecule has 1 amide bonds. The molecule has 0 aliphatic heterocycles. The quantitative estimate of drug-likeness (QED) is 0.472. The maximum Gasteiger partial charge on any atom is 0.409 e. The summed E-state index contributed by atoms with van der Waals surface area (Å²) in [5, 5.41) is 0. The molecular formula is C23H17N3O4. The SMILES string of the molecule is NC(=O)Oc1ccc(Cc2ccc(N=C=O)cc2)cc1Cc1ccc(N=C=O)cc1. The Bertz CT molecular complexity index is 1140. The molecule has 0 fully saturated rings. The summed E-state index contributed by atoms with van der Waals surface area (Å²) >= 11 is 0. The third-order valence-corrected chi connectivity index (χ3v) is 4.36. The van der Waals surface area contributed by atoms with E-state index in [9.17, 15) is 14.4 Å². The van der Waals surface area contributed by atoms with E-state index in [1.807, 2.05) is 36.4 Å². The molecule has 0 saturated heterocycles. The molecule has 3 aromatic rings. The minimum Gasteiger partial charge on any atom is -0.410 e. The predicted molar refractivity (Wildman–Crippen MR) is 111 cm³/mol. The highest BCUT2D eigenvalue weighted by molar-refractivity contribution is 5.69. The van der Waals surface area contributed by atoms with E-state index < -0.39 is 6.09 Å². The van der Waals surface area contributed by atoms with Gasteiger partial charge in [-0.25, -0.2) is 14.4 Å². The average Bonchev–Trinajstić information content (AvgIpc) is 2.73. The van der Waals surface area contributed by atoms with Crippen LogP contribution in [0, 0.1) is 0 Å². The Hall–Kier alpha value is -4.31. The van der Waals surface area contributed by atoms with E-state index in [1.165, 1.54) is 12.2 Å². The number of carbonyl (C=O) groups excluding carboxylic acids is 3. The van der Waals surface area contributed by atoms with E-state index in [2.05, 4.69) is 9.98 Å². The van der Waals surface area contributed by atoms with E-state index in [1.54, 1.807) is 30.3 Å². The summed E-state index contributed by atoms with van der Waals surface area (Å²) in [6.45, 7) is 0. The van der Waals surface area contributed by atoms with Gasteiger partial charge >= 0.3 is 6.09 Å². The van der Waals surface area contributed by atoms with Crippen LogP contribution in [-0.4, -0.2) is 18.3 Å². The summed E-state index contributed by atoms with van der Waals surface area (Å²) in [7, 11) is 0. The Labute approximate surface area is 172 Å². The maximum absolute atomic E-state index is 11.3. The molecule has 148 valence electrons. The first kappa shape index (κ1) is 20.4. The number of primary amides is 1. The molecule has 0 radical (unpaired) electrons. The Balaban J connectivity index is 1.86. The van der Waals surface area contributed by atoms with Crippen LogP contribution < -0.4 is 10.5 Å². The Kier molecular flexibility index (Phi) is 6.64. The number of hydrogen-bond acceptors (Lipinski definition) is 6. The van der Waals surface area contributed by atoms with Gasteiger partial charge in [-0.1, -0.05) is 36.4 Å². The van der Waals surface area contributed by atoms with Crippen molar-refractivity contribution in [3.63, 3.8) is 0 Å². The van der Waals surface area contributed by atoms with Crippen molar-refractivity contribution in [3.8, 4) is 5.75 Å². The highest BCUT2D eigenvalue weighted by atomic mass is 16.5. The molecule has 2 N–H and O–H groups in total. The molecule has 7 heteroatoms. The van der Waals surface area contributed by atoms with Crippen molar-refractivity contribution in [2.45, 2.75) is 12.8 Å². The summed E-state index contributed by atoms with van der Waals surface area (Å²) in [5.74, 6) is 0.386. The standard InChI is InChI=1S/C23H17N3O4/c24-23(29)30-22-10-5-18(11-16-1-6-20(7-2-16)25-14-27)13-19(22)12-17-3-8-21(9-4-17)26-15-28/h1-10,13H,11-12H2,(H2,24,29). The van der Waals surface area contributed by atoms with Crippen LogP contribution in [-0.2, 0) is 22.4 Å². The fourth-order valence-electron chi connectivity index (χ4n) is 3.03. The molecule has 0 atom stereocenters. The van der Waals surface area contributed by atoms with Crippen LogP contribution in [0.1, 0.15) is 22.3 Å². The smallest absolute Gasteiger partial charge is 0.409 e. The number of rotatable bonds is 7. The van der Waals surface area contributed by atoms with E-state index in [-0.39, 0.29) is 0 Å². The number of isocyanates is 2. The summed E-state index contributed by atoms with van der Waals surface area (Å²) in [6, 6.07) is 19.9. The molecule has 0 heterocycles. The second-order valence-electron chi connectivity index (χ2n) is 6.46. The number of hydrogen-bond donors (Lipinski definition) is 1. The van der Waals surface area contributed by atoms with Crippen molar-refractivity contribution in [1.82, 2.24) is 0 Å². The van der Waals surface area contributed by atoms with Crippen LogP contribution >= 0.6 is 0 Å². The lowest BCUT2D eigenvalue weighted by molar-refractivity contribution is 0.210. The van der Waals surface area contributed by atoms with E-state index in [4.69, 9.17) is 10.5 Å². The van der Waals surface area contributed by atoms with Gasteiger partial charge in [0.25, 0.3) is 0 Å². The van der Waals surface area contributed by atoms with Gasteiger partial charge in [-0.05, 0) is 59.0 Å². The number of nitrogens with two attached hydrogens (primary N) is 1. The summed E-state index contributed by atoms with van der Waals surface area (Å²) < 4.78 is 5.15. The van der Waals surface area contributed by atoms with Crippen LogP contribution in [0.15, 0.2) is 76.7 Å². The van der Waals surface area contributed by atoms with E-state index in [0.29, 0.717) is 30.0 Å². The molecule has 0 bridgehead atoms. The predicted octanol–water partition coefficient (Wildman–Crippen LogP) is 4.26. The molecular weight excluding hydrogens is 382 g/mol. The molecule has 30 heavy (non-hydrogen) atoms. The first-order valence-electron chi connectivity index (χ1n) is 9.00. The van der Waals surface area contributed by atoms with Crippen molar-refractivity contribution >= 4 is 29.6 Å². The molecule has 3 aromatic carbocycles. The van der Waals surface area contributed by atoms with Gasteiger partial charge in [0, 0.05) is 6.42 Å². The molecule has 7 nitrogen and oxygen atoms in total. The second kappa shape index (κ2) is 9.75. The number of amides is 1. The van der Waals surface area contributed by atoms with Crippen LogP contribution in [0.4, 0.5) is 16.2 Å². The number of nitrogens with zero attached hydrogens (tertiary/aromatic N) is 2. The zero-order valence-electron chi connectivity index (χ0n) is 15.9. The number of aliphatic imine (C=N–C) groups is 2. The highest BCUT2D eigenvalue weighted by Gasteiger charge is 2.10. The van der Waals surface area contributed by atoms with Gasteiger partial charge in [0.15, 0.2) is 0 Å². The van der Waals surface area contributed by atoms with Gasteiger partial charge in [0.05, 0.1) is 11.4 Å². The van der Waals surface area contributed by atoms with Crippen molar-refractivity contribution in [1.29, 1.82) is 0 Å². The van der Waals surface area contributed by atoms with Gasteiger partial charge < -0.3 is 10.5 Å². The van der Waals surface area contributed by atoms with Crippen LogP contribution in [0.3, 0.4) is 0 Å². The highest BCUT2D eigenvalue weighted by Crippen LogP contribution is 2.26. The first-order valence-corrected chi connectivity index (χ1v) is 9.00. The third-order valence-electron chi connectivity index (χ3n) is 4.36. The van der Waals surface area contributed by atoms with Crippen molar-refractivity contribution in [2.24, 2.45) is 15.7 Å². The lowest BCUT2D eigenvalue weighted by Gasteiger charge is -2.12. The average molecular weight is 399 g/mol. The first-order chi connectivity index (χ1) is 14.6. The molecule has 0 saturated carbocycles. The van der Waals surface area contributed by atoms with Gasteiger partial charge in [0.1, 0.15) is 5.75 Å². The van der Waals surface area contributed by atoms with Gasteiger partial charge in [-0.15, -0.1) is 0 Å². The fourth-order valence-corrected chi connectivity index (χ4v) is 3.03. The van der Waals surface area contributed by atoms with Gasteiger partial charge in [0.2, 0.25) is 12.2 Å². The maximum atomic E-state index is 11.3. The Morgan fingerprint density at radius 3 is 1.77 bits per heavy atom. The lowest BCUT2D eigenvalue weighted by atomic mass is 9.98. The summed E-state index contributed by atoms with van der Waals surface area (Å²) in [5.41, 5.74) is 10.0. The van der Waals surface area contributed by atoms with Crippen LogP contribution in [0.5, 0.6) is 5.75 Å². The van der Waals surface area contributed by atoms with Crippen molar-refractivity contribution in [2.75, 3.05) is 0 Å². The molecule has 0 spiro atoms. The number of ether oxygens (including phenoxy) is 1. The molecule has 3 rings (SSSR count). The molecule has 0 aliphatic rings. The zero-order valence-corrected chi connectivity index (χ0v) is 15.9. The normalized spacial score (nSPS) is 9.87. The van der Waals surface area contributed by atoms with Crippen molar-refractivity contribution < 1.29 is 19.1 Å². The summed E-state index contributed by atoms with van der Waals surface area (Å²) in [6.07, 6.45) is 3.27. The number of benzene rings is 3. The minimum atomic E-state index is -0.883. The zero-order chi connectivity index (χ0) is 21.3. The van der Waals surface area contributed by atoms with E-state index >= 15 is 0 Å². The summed E-state index contributed by atoms with van der Waals surface area (Å²) in [4.78, 5) is 39.1. The third kappa shape index (κ3) is 5.59. The Morgan fingerprint density at radius 2 is 1.27 bits per heavy atom. The van der Waals surface area contributed by atoms with E-state index in [0.717, 1.165) is 22.3 Å². The second-order valence-corrected chi connectivity index (χ2v) is 6.46. The van der Waals surface area contributed by atoms with Crippen molar-refractivity contribution in [3.05, 3.63) is 89.0 Å². The topological polar surface area (TPSA) is 111 Å².